The number of hydrogen-bond acceptors (Lipinski definition) is 1. The zero-order valence-corrected chi connectivity index (χ0v) is 35.3. The van der Waals surface area contributed by atoms with Gasteiger partial charge in [0.1, 0.15) is 0 Å². The van der Waals surface area contributed by atoms with Crippen molar-refractivity contribution in [2.24, 2.45) is 0 Å². The SMILES string of the molecule is C=C/C=C(\C=C/C)n1c2ccccc2c2ccc3c(cnn3-c3ccc4c5ccccc5n(-c5cccc(-c6ccc7c(c6)c(C=C)c(C=C)c6ccccc67)c5)c4c3)c21.CC. The molecule has 4 heteroatoms. The summed E-state index contributed by atoms with van der Waals surface area (Å²) in [6.07, 6.45) is 14.1. The first-order chi connectivity index (χ1) is 30.6. The zero-order valence-electron chi connectivity index (χ0n) is 35.3. The Morgan fingerprint density at radius 1 is 0.500 bits per heavy atom. The molecule has 0 radical (unpaired) electrons. The molecule has 0 fully saturated rings. The molecule has 0 N–H and O–H groups in total. The van der Waals surface area contributed by atoms with Gasteiger partial charge in [0.15, 0.2) is 0 Å². The fourth-order valence-electron chi connectivity index (χ4n) is 9.59. The van der Waals surface area contributed by atoms with Gasteiger partial charge in [0.05, 0.1) is 39.5 Å². The molecule has 4 nitrogen and oxygen atoms in total. The van der Waals surface area contributed by atoms with Gasteiger partial charge >= 0.3 is 0 Å². The first-order valence-corrected chi connectivity index (χ1v) is 21.3. The molecule has 0 saturated carbocycles. The lowest BCUT2D eigenvalue weighted by Gasteiger charge is -2.15. The largest absolute Gasteiger partial charge is 0.309 e. The minimum atomic E-state index is 0.992. The van der Waals surface area contributed by atoms with Gasteiger partial charge in [-0.3, -0.25) is 0 Å². The summed E-state index contributed by atoms with van der Waals surface area (Å²) in [7, 11) is 0. The molecular formula is C58H46N4. The average Bonchev–Trinajstić information content (AvgIpc) is 4.01. The minimum Gasteiger partial charge on any atom is -0.309 e. The second-order valence-corrected chi connectivity index (χ2v) is 15.3. The van der Waals surface area contributed by atoms with E-state index in [-0.39, 0.29) is 0 Å². The van der Waals surface area contributed by atoms with Gasteiger partial charge in [-0.1, -0.05) is 149 Å². The smallest absolute Gasteiger partial charge is 0.0762 e. The van der Waals surface area contributed by atoms with Crippen LogP contribution in [0.3, 0.4) is 0 Å². The predicted octanol–water partition coefficient (Wildman–Crippen LogP) is 16.1. The van der Waals surface area contributed by atoms with Crippen molar-refractivity contribution in [3.8, 4) is 22.5 Å². The molecule has 8 aromatic carbocycles. The Morgan fingerprint density at radius 3 is 1.89 bits per heavy atom. The number of rotatable bonds is 8. The molecule has 298 valence electrons. The molecule has 0 aliphatic carbocycles. The molecule has 0 saturated heterocycles. The van der Waals surface area contributed by atoms with Crippen LogP contribution in [0.25, 0.3) is 116 Å². The summed E-state index contributed by atoms with van der Waals surface area (Å²) in [5.41, 5.74) is 13.2. The highest BCUT2D eigenvalue weighted by atomic mass is 15.3. The fourth-order valence-corrected chi connectivity index (χ4v) is 9.59. The Bertz CT molecular complexity index is 3670. The molecule has 0 unspecified atom stereocenters. The third kappa shape index (κ3) is 5.79. The van der Waals surface area contributed by atoms with Gasteiger partial charge in [0, 0.05) is 38.3 Å². The Hall–Kier alpha value is -7.95. The van der Waals surface area contributed by atoms with Crippen molar-refractivity contribution in [1.82, 2.24) is 18.9 Å². The summed E-state index contributed by atoms with van der Waals surface area (Å²) in [4.78, 5) is 0. The number of fused-ring (bicyclic) bond motifs is 11. The summed E-state index contributed by atoms with van der Waals surface area (Å²) in [5, 5.41) is 15.7. The van der Waals surface area contributed by atoms with Gasteiger partial charge < -0.3 is 9.13 Å². The molecule has 3 heterocycles. The van der Waals surface area contributed by atoms with Crippen molar-refractivity contribution in [3.05, 3.63) is 207 Å². The number of nitrogens with zero attached hydrogens (tertiary/aromatic N) is 4. The summed E-state index contributed by atoms with van der Waals surface area (Å²) in [6, 6.07) is 52.7. The van der Waals surface area contributed by atoms with Crippen LogP contribution in [0.2, 0.25) is 0 Å². The van der Waals surface area contributed by atoms with Gasteiger partial charge in [-0.2, -0.15) is 5.10 Å². The highest BCUT2D eigenvalue weighted by Crippen LogP contribution is 2.40. The van der Waals surface area contributed by atoms with E-state index in [0.29, 0.717) is 0 Å². The third-order valence-corrected chi connectivity index (χ3v) is 12.1. The van der Waals surface area contributed by atoms with Crippen LogP contribution in [0, 0.1) is 0 Å². The molecule has 62 heavy (non-hydrogen) atoms. The molecule has 3 aromatic heterocycles. The number of hydrogen-bond donors (Lipinski definition) is 0. The predicted molar refractivity (Wildman–Crippen MR) is 270 cm³/mol. The Labute approximate surface area is 361 Å². The maximum absolute atomic E-state index is 5.09. The van der Waals surface area contributed by atoms with Gasteiger partial charge in [-0.05, 0) is 117 Å². The van der Waals surface area contributed by atoms with Crippen LogP contribution in [0.1, 0.15) is 31.9 Å². The number of allylic oxidation sites excluding steroid dienone is 5. The van der Waals surface area contributed by atoms with E-state index in [1.165, 1.54) is 43.1 Å². The van der Waals surface area contributed by atoms with Crippen LogP contribution in [-0.2, 0) is 0 Å². The Balaban J connectivity index is 0.00000226. The summed E-state index contributed by atoms with van der Waals surface area (Å²) < 4.78 is 6.81. The van der Waals surface area contributed by atoms with Gasteiger partial charge in [0.25, 0.3) is 0 Å². The van der Waals surface area contributed by atoms with E-state index in [9.17, 15) is 0 Å². The van der Waals surface area contributed by atoms with Crippen molar-refractivity contribution in [2.45, 2.75) is 20.8 Å². The summed E-state index contributed by atoms with van der Waals surface area (Å²) in [5.74, 6) is 0. The van der Waals surface area contributed by atoms with Crippen LogP contribution < -0.4 is 0 Å². The molecule has 0 atom stereocenters. The first-order valence-electron chi connectivity index (χ1n) is 21.3. The molecule has 0 aliphatic heterocycles. The summed E-state index contributed by atoms with van der Waals surface area (Å²) >= 11 is 0. The van der Waals surface area contributed by atoms with Crippen LogP contribution in [-0.4, -0.2) is 18.9 Å². The van der Waals surface area contributed by atoms with E-state index >= 15 is 0 Å². The van der Waals surface area contributed by atoms with Crippen LogP contribution >= 0.6 is 0 Å². The second kappa shape index (κ2) is 15.6. The van der Waals surface area contributed by atoms with E-state index in [4.69, 9.17) is 5.10 Å². The second-order valence-electron chi connectivity index (χ2n) is 15.3. The molecule has 0 aliphatic rings. The quantitative estimate of drug-likeness (QED) is 0.111. The molecule has 0 bridgehead atoms. The normalized spacial score (nSPS) is 12.0. The standard InChI is InChI=1S/C56H40N4.C2H6/c1-5-16-38(17-6-2)59-53-25-14-12-23-47(53)49-30-31-54-51(56(49)59)35-57-60(54)40-27-29-48-46-22-11-13-24-52(46)58(55(48)34-40)39-19-15-18-36(32-39)37-26-28-45-44-21-10-9-20-43(44)41(7-3)42(8-4)50(45)33-37;1-2/h5-35H,1,3-4H2,2H3;1-2H3/b17-6-,38-16+;. The monoisotopic (exact) mass is 798 g/mol. The average molecular weight is 799 g/mol. The number of benzene rings is 8. The van der Waals surface area contributed by atoms with Gasteiger partial charge in [-0.15, -0.1) is 0 Å². The van der Waals surface area contributed by atoms with E-state index in [0.717, 1.165) is 72.3 Å². The minimum absolute atomic E-state index is 0.992. The Kier molecular flexibility index (Phi) is 9.61. The highest BCUT2D eigenvalue weighted by molar-refractivity contribution is 6.19. The third-order valence-electron chi connectivity index (χ3n) is 12.1. The maximum Gasteiger partial charge on any atom is 0.0762 e. The topological polar surface area (TPSA) is 27.7 Å². The zero-order chi connectivity index (χ0) is 42.5. The van der Waals surface area contributed by atoms with Crippen molar-refractivity contribution in [2.75, 3.05) is 0 Å². The number of para-hydroxylation sites is 2. The molecular weight excluding hydrogens is 753 g/mol. The summed E-state index contributed by atoms with van der Waals surface area (Å²) in [6.45, 7) is 18.5. The lowest BCUT2D eigenvalue weighted by Crippen LogP contribution is -1.98. The van der Waals surface area contributed by atoms with Crippen molar-refractivity contribution in [3.63, 3.8) is 0 Å². The molecule has 0 amide bonds. The fraction of sp³-hybridized carbons (Fsp3) is 0.0517. The molecule has 11 aromatic rings. The van der Waals surface area contributed by atoms with E-state index < -0.39 is 0 Å². The number of aromatic nitrogens is 4. The van der Waals surface area contributed by atoms with Gasteiger partial charge in [0.2, 0.25) is 0 Å². The van der Waals surface area contributed by atoms with E-state index in [1.807, 2.05) is 45.2 Å². The highest BCUT2D eigenvalue weighted by Gasteiger charge is 2.20. The van der Waals surface area contributed by atoms with Crippen molar-refractivity contribution < 1.29 is 0 Å². The van der Waals surface area contributed by atoms with E-state index in [2.05, 4.69) is 197 Å². The molecule has 11 rings (SSSR count). The van der Waals surface area contributed by atoms with Gasteiger partial charge in [-0.25, -0.2) is 4.68 Å². The lowest BCUT2D eigenvalue weighted by molar-refractivity contribution is 0.911. The van der Waals surface area contributed by atoms with Crippen molar-refractivity contribution >= 4 is 93.9 Å². The maximum atomic E-state index is 5.09. The first kappa shape index (κ1) is 38.3. The Morgan fingerprint density at radius 2 is 1.13 bits per heavy atom. The lowest BCUT2D eigenvalue weighted by atomic mass is 9.89. The molecule has 0 spiro atoms. The van der Waals surface area contributed by atoms with Crippen LogP contribution in [0.5, 0.6) is 0 Å². The van der Waals surface area contributed by atoms with Crippen LogP contribution in [0.4, 0.5) is 0 Å². The van der Waals surface area contributed by atoms with E-state index in [1.54, 1.807) is 0 Å². The van der Waals surface area contributed by atoms with Crippen molar-refractivity contribution in [1.29, 1.82) is 0 Å². The van der Waals surface area contributed by atoms with Crippen LogP contribution in [0.15, 0.2) is 196 Å².